The second-order valence-electron chi connectivity index (χ2n) is 7.94. The highest BCUT2D eigenvalue weighted by Gasteiger charge is 2.21. The van der Waals surface area contributed by atoms with E-state index in [1.807, 2.05) is 0 Å². The van der Waals surface area contributed by atoms with E-state index in [1.54, 1.807) is 51.1 Å². The zero-order chi connectivity index (χ0) is 24.8. The lowest BCUT2D eigenvalue weighted by Gasteiger charge is -2.20. The Morgan fingerprint density at radius 1 is 0.939 bits per heavy atom. The number of amides is 2. The summed E-state index contributed by atoms with van der Waals surface area (Å²) in [5.41, 5.74) is 7.21. The van der Waals surface area contributed by atoms with Gasteiger partial charge in [0.05, 0.1) is 32.6 Å². The maximum absolute atomic E-state index is 12.9. The number of hydrogen-bond donors (Lipinski definition) is 3. The number of hydrogen-bond acceptors (Lipinski definition) is 8. The predicted molar refractivity (Wildman–Crippen MR) is 124 cm³/mol. The van der Waals surface area contributed by atoms with Crippen molar-refractivity contribution >= 4 is 29.3 Å². The van der Waals surface area contributed by atoms with E-state index in [2.05, 4.69) is 15.4 Å². The molecule has 0 saturated carbocycles. The van der Waals surface area contributed by atoms with Gasteiger partial charge >= 0.3 is 12.1 Å². The van der Waals surface area contributed by atoms with E-state index in [9.17, 15) is 14.4 Å². The number of methoxy groups -OCH3 is 3. The smallest absolute Gasteiger partial charge is 0.412 e. The van der Waals surface area contributed by atoms with E-state index >= 15 is 0 Å². The minimum absolute atomic E-state index is 0.108. The molecule has 0 aliphatic rings. The third-order valence-electron chi connectivity index (χ3n) is 4.40. The van der Waals surface area contributed by atoms with Crippen LogP contribution in [0.1, 0.15) is 31.1 Å². The fourth-order valence-electron chi connectivity index (χ4n) is 2.86. The van der Waals surface area contributed by atoms with Gasteiger partial charge in [-0.1, -0.05) is 6.07 Å². The maximum Gasteiger partial charge on any atom is 0.412 e. The molecule has 0 unspecified atom stereocenters. The van der Waals surface area contributed by atoms with Crippen molar-refractivity contribution in [2.24, 2.45) is 0 Å². The monoisotopic (exact) mass is 459 g/mol. The highest BCUT2D eigenvalue weighted by atomic mass is 16.6. The summed E-state index contributed by atoms with van der Waals surface area (Å²) in [6.07, 6.45) is -0.729. The molecule has 0 aromatic heterocycles. The zero-order valence-electron chi connectivity index (χ0n) is 19.5. The Morgan fingerprint density at radius 3 is 2.06 bits per heavy atom. The molecule has 4 N–H and O–H groups in total. The van der Waals surface area contributed by atoms with E-state index in [1.165, 1.54) is 21.3 Å². The molecule has 0 fully saturated rings. The Labute approximate surface area is 192 Å². The van der Waals surface area contributed by atoms with Crippen LogP contribution < -0.4 is 25.8 Å². The molecule has 2 rings (SSSR count). The van der Waals surface area contributed by atoms with Crippen LogP contribution in [0.5, 0.6) is 11.5 Å². The van der Waals surface area contributed by atoms with Gasteiger partial charge in [-0.15, -0.1) is 0 Å². The molecule has 2 aromatic rings. The summed E-state index contributed by atoms with van der Waals surface area (Å²) in [6.45, 7) is 4.83. The number of rotatable bonds is 7. The first kappa shape index (κ1) is 25.3. The van der Waals surface area contributed by atoms with Crippen LogP contribution in [0, 0.1) is 0 Å². The topological polar surface area (TPSA) is 138 Å². The summed E-state index contributed by atoms with van der Waals surface area (Å²) in [6, 6.07) is 8.22. The Hall–Kier alpha value is -3.95. The molecular weight excluding hydrogens is 430 g/mol. The molecule has 0 radical (unpaired) electrons. The normalized spacial score (nSPS) is 10.7. The number of anilines is 2. The number of nitrogen functional groups attached to an aromatic ring is 1. The van der Waals surface area contributed by atoms with Gasteiger partial charge < -0.3 is 30.0 Å². The highest BCUT2D eigenvalue weighted by Crippen LogP contribution is 2.38. The summed E-state index contributed by atoms with van der Waals surface area (Å²) in [5, 5.41) is 5.04. The number of carbonyl (C=O) groups excluding carboxylic acids is 3. The molecule has 0 bridgehead atoms. The second-order valence-corrected chi connectivity index (χ2v) is 7.94. The van der Waals surface area contributed by atoms with Crippen molar-refractivity contribution in [3.8, 4) is 22.6 Å². The van der Waals surface area contributed by atoms with Gasteiger partial charge in [-0.3, -0.25) is 14.9 Å². The summed E-state index contributed by atoms with van der Waals surface area (Å²) < 4.78 is 20.5. The van der Waals surface area contributed by atoms with Crippen LogP contribution in [0.2, 0.25) is 0 Å². The van der Waals surface area contributed by atoms with E-state index in [0.29, 0.717) is 28.3 Å². The molecule has 0 aliphatic carbocycles. The summed E-state index contributed by atoms with van der Waals surface area (Å²) in [5.74, 6) is -0.411. The van der Waals surface area contributed by atoms with Crippen molar-refractivity contribution in [2.45, 2.75) is 26.4 Å². The van der Waals surface area contributed by atoms with Crippen LogP contribution in [0.15, 0.2) is 30.3 Å². The molecule has 2 amide bonds. The lowest BCUT2D eigenvalue weighted by molar-refractivity contribution is -0.139. The van der Waals surface area contributed by atoms with Crippen molar-refractivity contribution in [1.29, 1.82) is 0 Å². The predicted octanol–water partition coefficient (Wildman–Crippen LogP) is 3.20. The molecule has 0 saturated heterocycles. The number of benzene rings is 2. The van der Waals surface area contributed by atoms with Gasteiger partial charge in [0, 0.05) is 0 Å². The largest absolute Gasteiger partial charge is 0.494 e. The number of nitrogens with two attached hydrogens (primary N) is 1. The molecule has 2 aromatic carbocycles. The van der Waals surface area contributed by atoms with E-state index in [-0.39, 0.29) is 17.8 Å². The van der Waals surface area contributed by atoms with Gasteiger partial charge in [0.1, 0.15) is 29.3 Å². The van der Waals surface area contributed by atoms with E-state index in [4.69, 9.17) is 19.9 Å². The number of carbonyl (C=O) groups is 3. The summed E-state index contributed by atoms with van der Waals surface area (Å²) >= 11 is 0. The average molecular weight is 459 g/mol. The molecule has 10 heteroatoms. The molecule has 0 heterocycles. The molecule has 33 heavy (non-hydrogen) atoms. The Kier molecular flexibility index (Phi) is 8.11. The Morgan fingerprint density at radius 2 is 1.55 bits per heavy atom. The first-order chi connectivity index (χ1) is 15.5. The van der Waals surface area contributed by atoms with Crippen LogP contribution in [-0.4, -0.2) is 51.4 Å². The van der Waals surface area contributed by atoms with Crippen LogP contribution >= 0.6 is 0 Å². The first-order valence-electron chi connectivity index (χ1n) is 10.00. The SMILES string of the molecule is COC(=O)CNC(=O)c1cc(-c2cc(OC)c(N)c(OC)c2)ccc1NC(=O)OC(C)(C)C. The van der Waals surface area contributed by atoms with Crippen LogP contribution in [0.25, 0.3) is 11.1 Å². The van der Waals surface area contributed by atoms with Crippen LogP contribution in [-0.2, 0) is 14.3 Å². The standard InChI is InChI=1S/C23H29N3O7/c1-23(2,3)33-22(29)26-16-8-7-13(9-15(16)21(28)25-12-19(27)32-6)14-10-17(30-4)20(24)18(11-14)31-5/h7-11H,12,24H2,1-6H3,(H,25,28)(H,26,29). The van der Waals surface area contributed by atoms with Gasteiger partial charge in [-0.25, -0.2) is 4.79 Å². The van der Waals surface area contributed by atoms with Crippen molar-refractivity contribution < 1.29 is 33.3 Å². The van der Waals surface area contributed by atoms with Gasteiger partial charge in [-0.2, -0.15) is 0 Å². The average Bonchev–Trinajstić information content (AvgIpc) is 2.76. The molecule has 10 nitrogen and oxygen atoms in total. The van der Waals surface area contributed by atoms with E-state index in [0.717, 1.165) is 0 Å². The van der Waals surface area contributed by atoms with Gasteiger partial charge in [0.15, 0.2) is 0 Å². The summed E-state index contributed by atoms with van der Waals surface area (Å²) in [4.78, 5) is 36.6. The quantitative estimate of drug-likeness (QED) is 0.424. The second kappa shape index (κ2) is 10.6. The van der Waals surface area contributed by atoms with Crippen LogP contribution in [0.4, 0.5) is 16.2 Å². The lowest BCUT2D eigenvalue weighted by atomic mass is 10.00. The molecule has 178 valence electrons. The number of esters is 1. The maximum atomic E-state index is 12.9. The minimum atomic E-state index is -0.729. The first-order valence-corrected chi connectivity index (χ1v) is 10.00. The highest BCUT2D eigenvalue weighted by molar-refractivity contribution is 6.04. The molecule has 0 aliphatic heterocycles. The fourth-order valence-corrected chi connectivity index (χ4v) is 2.86. The minimum Gasteiger partial charge on any atom is -0.494 e. The third-order valence-corrected chi connectivity index (χ3v) is 4.40. The van der Waals surface area contributed by atoms with Gasteiger partial charge in [0.2, 0.25) is 0 Å². The van der Waals surface area contributed by atoms with Crippen molar-refractivity contribution in [3.63, 3.8) is 0 Å². The Balaban J connectivity index is 2.50. The van der Waals surface area contributed by atoms with Crippen molar-refractivity contribution in [2.75, 3.05) is 38.9 Å². The summed E-state index contributed by atoms with van der Waals surface area (Å²) in [7, 11) is 4.18. The molecular formula is C23H29N3O7. The zero-order valence-corrected chi connectivity index (χ0v) is 19.5. The number of nitrogens with one attached hydrogen (secondary N) is 2. The third kappa shape index (κ3) is 6.76. The molecule has 0 spiro atoms. The van der Waals surface area contributed by atoms with Gasteiger partial charge in [-0.05, 0) is 56.2 Å². The molecule has 0 atom stereocenters. The fraction of sp³-hybridized carbons (Fsp3) is 0.348. The lowest BCUT2D eigenvalue weighted by Crippen LogP contribution is -2.32. The van der Waals surface area contributed by atoms with Crippen LogP contribution in [0.3, 0.4) is 0 Å². The van der Waals surface area contributed by atoms with Gasteiger partial charge in [0.25, 0.3) is 5.91 Å². The van der Waals surface area contributed by atoms with E-state index < -0.39 is 23.6 Å². The van der Waals surface area contributed by atoms with Crippen molar-refractivity contribution in [3.05, 3.63) is 35.9 Å². The van der Waals surface area contributed by atoms with Crippen molar-refractivity contribution in [1.82, 2.24) is 5.32 Å². The number of ether oxygens (including phenoxy) is 4. The Bertz CT molecular complexity index is 1020.